The van der Waals surface area contributed by atoms with E-state index < -0.39 is 0 Å². The van der Waals surface area contributed by atoms with E-state index in [1.165, 1.54) is 0 Å². The van der Waals surface area contributed by atoms with Crippen LogP contribution in [0.4, 0.5) is 0 Å². The van der Waals surface area contributed by atoms with Gasteiger partial charge in [0.25, 0.3) is 0 Å². The molecular weight excluding hydrogens is 254 g/mol. The number of nitrogens with two attached hydrogens (primary N) is 1. The van der Waals surface area contributed by atoms with Crippen molar-refractivity contribution in [1.29, 1.82) is 0 Å². The molecule has 1 amide bonds. The molecule has 5 heteroatoms. The number of carbonyl (C=O) groups excluding carboxylic acids is 1. The minimum atomic E-state index is 0.111. The number of hydrogen-bond donors (Lipinski definition) is 2. The van der Waals surface area contributed by atoms with Gasteiger partial charge in [0.1, 0.15) is 0 Å². The standard InChI is InChI=1S/C15H31N3O2/c1-12(2)20-8-4-6-17-15(19)11-18-7-5-13(3)14(9-16)10-18/h12-14H,4-11,16H2,1-3H3,(H,17,19). The molecule has 2 unspecified atom stereocenters. The van der Waals surface area contributed by atoms with Crippen LogP contribution in [0.5, 0.6) is 0 Å². The normalized spacial score (nSPS) is 24.1. The van der Waals surface area contributed by atoms with Gasteiger partial charge in [-0.15, -0.1) is 0 Å². The Kier molecular flexibility index (Phi) is 8.11. The van der Waals surface area contributed by atoms with Crippen LogP contribution < -0.4 is 11.1 Å². The van der Waals surface area contributed by atoms with E-state index in [1.807, 2.05) is 13.8 Å². The van der Waals surface area contributed by atoms with Crippen molar-refractivity contribution in [3.8, 4) is 0 Å². The van der Waals surface area contributed by atoms with Gasteiger partial charge in [0, 0.05) is 19.7 Å². The van der Waals surface area contributed by atoms with Gasteiger partial charge in [-0.2, -0.15) is 0 Å². The van der Waals surface area contributed by atoms with Gasteiger partial charge in [-0.3, -0.25) is 9.69 Å². The highest BCUT2D eigenvalue weighted by molar-refractivity contribution is 5.77. The molecule has 1 aliphatic heterocycles. The Morgan fingerprint density at radius 2 is 2.25 bits per heavy atom. The number of ether oxygens (including phenoxy) is 1. The summed E-state index contributed by atoms with van der Waals surface area (Å²) in [5, 5.41) is 2.96. The quantitative estimate of drug-likeness (QED) is 0.648. The van der Waals surface area contributed by atoms with Gasteiger partial charge in [0.05, 0.1) is 12.6 Å². The second kappa shape index (κ2) is 9.32. The Labute approximate surface area is 123 Å². The summed E-state index contributed by atoms with van der Waals surface area (Å²) in [5.41, 5.74) is 5.78. The Balaban J connectivity index is 2.13. The first kappa shape index (κ1) is 17.4. The van der Waals surface area contributed by atoms with E-state index in [2.05, 4.69) is 17.1 Å². The molecule has 1 heterocycles. The monoisotopic (exact) mass is 285 g/mol. The van der Waals surface area contributed by atoms with E-state index in [4.69, 9.17) is 10.5 Å². The first-order valence-electron chi connectivity index (χ1n) is 7.83. The van der Waals surface area contributed by atoms with Crippen LogP contribution in [0.2, 0.25) is 0 Å². The van der Waals surface area contributed by atoms with Crippen LogP contribution in [0.1, 0.15) is 33.6 Å². The molecule has 1 fully saturated rings. The molecule has 3 N–H and O–H groups in total. The second-order valence-corrected chi connectivity index (χ2v) is 6.12. The molecule has 1 saturated heterocycles. The average molecular weight is 285 g/mol. The van der Waals surface area contributed by atoms with Crippen LogP contribution in [0.25, 0.3) is 0 Å². The molecule has 0 aliphatic carbocycles. The van der Waals surface area contributed by atoms with E-state index in [1.54, 1.807) is 0 Å². The summed E-state index contributed by atoms with van der Waals surface area (Å²) >= 11 is 0. The van der Waals surface area contributed by atoms with Crippen LogP contribution in [0.3, 0.4) is 0 Å². The first-order chi connectivity index (χ1) is 9.52. The van der Waals surface area contributed by atoms with E-state index in [-0.39, 0.29) is 12.0 Å². The van der Waals surface area contributed by atoms with Crippen LogP contribution in [-0.4, -0.2) is 56.2 Å². The summed E-state index contributed by atoms with van der Waals surface area (Å²) in [6.45, 7) is 10.8. The topological polar surface area (TPSA) is 67.6 Å². The molecule has 1 aliphatic rings. The van der Waals surface area contributed by atoms with E-state index in [9.17, 15) is 4.79 Å². The number of nitrogens with zero attached hydrogens (tertiary/aromatic N) is 1. The third-order valence-electron chi connectivity index (χ3n) is 3.96. The smallest absolute Gasteiger partial charge is 0.234 e. The molecule has 5 nitrogen and oxygen atoms in total. The summed E-state index contributed by atoms with van der Waals surface area (Å²) in [6, 6.07) is 0. The molecule has 0 aromatic heterocycles. The maximum absolute atomic E-state index is 11.9. The van der Waals surface area contributed by atoms with Crippen LogP contribution >= 0.6 is 0 Å². The Morgan fingerprint density at radius 3 is 2.90 bits per heavy atom. The van der Waals surface area contributed by atoms with Gasteiger partial charge in [-0.1, -0.05) is 6.92 Å². The number of carbonyl (C=O) groups is 1. The fourth-order valence-corrected chi connectivity index (χ4v) is 2.55. The SMILES string of the molecule is CC(C)OCCCNC(=O)CN1CCC(C)C(CN)C1. The summed E-state index contributed by atoms with van der Waals surface area (Å²) < 4.78 is 5.44. The molecule has 0 aromatic rings. The molecule has 1 rings (SSSR count). The molecule has 2 atom stereocenters. The maximum atomic E-state index is 11.9. The molecule has 0 saturated carbocycles. The summed E-state index contributed by atoms with van der Waals surface area (Å²) in [7, 11) is 0. The molecule has 118 valence electrons. The largest absolute Gasteiger partial charge is 0.379 e. The van der Waals surface area contributed by atoms with Crippen molar-refractivity contribution < 1.29 is 9.53 Å². The number of likely N-dealkylation sites (tertiary alicyclic amines) is 1. The Morgan fingerprint density at radius 1 is 1.50 bits per heavy atom. The Bertz CT molecular complexity index is 284. The maximum Gasteiger partial charge on any atom is 0.234 e. The zero-order chi connectivity index (χ0) is 15.0. The Hall–Kier alpha value is -0.650. The minimum Gasteiger partial charge on any atom is -0.379 e. The lowest BCUT2D eigenvalue weighted by molar-refractivity contribution is -0.122. The zero-order valence-electron chi connectivity index (χ0n) is 13.2. The van der Waals surface area contributed by atoms with Gasteiger partial charge in [0.2, 0.25) is 5.91 Å². The number of hydrogen-bond acceptors (Lipinski definition) is 4. The minimum absolute atomic E-state index is 0.111. The van der Waals surface area contributed by atoms with Crippen molar-refractivity contribution >= 4 is 5.91 Å². The number of piperidine rings is 1. The number of rotatable bonds is 8. The van der Waals surface area contributed by atoms with E-state index >= 15 is 0 Å². The summed E-state index contributed by atoms with van der Waals surface area (Å²) in [5.74, 6) is 1.31. The highest BCUT2D eigenvalue weighted by Crippen LogP contribution is 2.21. The van der Waals surface area contributed by atoms with Gasteiger partial charge in [-0.25, -0.2) is 0 Å². The summed E-state index contributed by atoms with van der Waals surface area (Å²) in [4.78, 5) is 14.1. The lowest BCUT2D eigenvalue weighted by atomic mass is 9.87. The zero-order valence-corrected chi connectivity index (χ0v) is 13.2. The van der Waals surface area contributed by atoms with Gasteiger partial charge in [0.15, 0.2) is 0 Å². The van der Waals surface area contributed by atoms with Crippen LogP contribution in [0.15, 0.2) is 0 Å². The number of nitrogens with one attached hydrogen (secondary N) is 1. The van der Waals surface area contributed by atoms with Crippen molar-refractivity contribution in [3.05, 3.63) is 0 Å². The predicted molar refractivity (Wildman–Crippen MR) is 81.5 cm³/mol. The van der Waals surface area contributed by atoms with Crippen molar-refractivity contribution in [2.45, 2.75) is 39.7 Å². The summed E-state index contributed by atoms with van der Waals surface area (Å²) in [6.07, 6.45) is 2.26. The van der Waals surface area contributed by atoms with Crippen LogP contribution in [0, 0.1) is 11.8 Å². The molecule has 20 heavy (non-hydrogen) atoms. The van der Waals surface area contributed by atoms with Crippen LogP contribution in [-0.2, 0) is 9.53 Å². The van der Waals surface area contributed by atoms with Gasteiger partial charge >= 0.3 is 0 Å². The van der Waals surface area contributed by atoms with Gasteiger partial charge in [-0.05, 0) is 51.6 Å². The lowest BCUT2D eigenvalue weighted by Crippen LogP contribution is -2.46. The van der Waals surface area contributed by atoms with E-state index in [0.29, 0.717) is 38.1 Å². The molecular formula is C15H31N3O2. The fraction of sp³-hybridized carbons (Fsp3) is 0.933. The predicted octanol–water partition coefficient (Wildman–Crippen LogP) is 0.834. The molecule has 0 spiro atoms. The molecule has 0 aromatic carbocycles. The average Bonchev–Trinajstić information content (AvgIpc) is 2.40. The van der Waals surface area contributed by atoms with Crippen molar-refractivity contribution in [3.63, 3.8) is 0 Å². The van der Waals surface area contributed by atoms with Crippen molar-refractivity contribution in [1.82, 2.24) is 10.2 Å². The second-order valence-electron chi connectivity index (χ2n) is 6.12. The van der Waals surface area contributed by atoms with E-state index in [0.717, 1.165) is 25.9 Å². The van der Waals surface area contributed by atoms with Gasteiger partial charge < -0.3 is 15.8 Å². The van der Waals surface area contributed by atoms with Crippen molar-refractivity contribution in [2.24, 2.45) is 17.6 Å². The number of amides is 1. The highest BCUT2D eigenvalue weighted by atomic mass is 16.5. The highest BCUT2D eigenvalue weighted by Gasteiger charge is 2.25. The molecule has 0 bridgehead atoms. The first-order valence-corrected chi connectivity index (χ1v) is 7.83. The lowest BCUT2D eigenvalue weighted by Gasteiger charge is -2.36. The third-order valence-corrected chi connectivity index (χ3v) is 3.96. The third kappa shape index (κ3) is 6.68. The van der Waals surface area contributed by atoms with Crippen molar-refractivity contribution in [2.75, 3.05) is 39.3 Å². The molecule has 0 radical (unpaired) electrons. The fourth-order valence-electron chi connectivity index (χ4n) is 2.55.